The summed E-state index contributed by atoms with van der Waals surface area (Å²) in [6.45, 7) is 8.38. The van der Waals surface area contributed by atoms with Crippen LogP contribution in [0, 0.1) is 5.82 Å². The zero-order chi connectivity index (χ0) is 12.2. The third-order valence-corrected chi connectivity index (χ3v) is 4.13. The molecule has 0 spiro atoms. The molecule has 0 heterocycles. The minimum atomic E-state index is -1.74. The number of hydrogen-bond acceptors (Lipinski definition) is 1. The standard InChI is InChI=1S/C13H19FOSi/c1-11(2)15-16(3,4)10-9-12-5-7-13(14)8-6-12/h5-11H,1-4H3/b10-9+. The minimum Gasteiger partial charge on any atom is -0.411 e. The molecule has 88 valence electrons. The normalized spacial score (nSPS) is 12.6. The molecule has 0 amide bonds. The quantitative estimate of drug-likeness (QED) is 0.720. The summed E-state index contributed by atoms with van der Waals surface area (Å²) in [5.74, 6) is -0.202. The Hall–Kier alpha value is -0.933. The lowest BCUT2D eigenvalue weighted by molar-refractivity contribution is 0.238. The molecule has 0 aliphatic carbocycles. The molecule has 0 aromatic heterocycles. The topological polar surface area (TPSA) is 9.23 Å². The fourth-order valence-corrected chi connectivity index (χ4v) is 3.40. The molecule has 0 aliphatic rings. The highest BCUT2D eigenvalue weighted by Gasteiger charge is 2.19. The number of halogens is 1. The number of benzene rings is 1. The second-order valence-corrected chi connectivity index (χ2v) is 8.43. The van der Waals surface area contributed by atoms with Crippen molar-refractivity contribution in [2.45, 2.75) is 33.0 Å². The highest BCUT2D eigenvalue weighted by molar-refractivity contribution is 6.76. The van der Waals surface area contributed by atoms with Crippen LogP contribution in [-0.2, 0) is 4.43 Å². The smallest absolute Gasteiger partial charge is 0.211 e. The van der Waals surface area contributed by atoms with Crippen molar-refractivity contribution in [2.75, 3.05) is 0 Å². The summed E-state index contributed by atoms with van der Waals surface area (Å²) < 4.78 is 18.6. The molecule has 1 aromatic rings. The average Bonchev–Trinajstić information content (AvgIpc) is 2.15. The Labute approximate surface area is 98.1 Å². The van der Waals surface area contributed by atoms with Crippen molar-refractivity contribution in [3.63, 3.8) is 0 Å². The monoisotopic (exact) mass is 238 g/mol. The van der Waals surface area contributed by atoms with Gasteiger partial charge in [0.25, 0.3) is 0 Å². The van der Waals surface area contributed by atoms with E-state index < -0.39 is 8.32 Å². The summed E-state index contributed by atoms with van der Waals surface area (Å²) in [4.78, 5) is 0. The van der Waals surface area contributed by atoms with Gasteiger partial charge in [-0.1, -0.05) is 23.9 Å². The molecule has 16 heavy (non-hydrogen) atoms. The van der Waals surface area contributed by atoms with Crippen LogP contribution in [-0.4, -0.2) is 14.4 Å². The first-order chi connectivity index (χ1) is 7.39. The van der Waals surface area contributed by atoms with Crippen LogP contribution in [0.3, 0.4) is 0 Å². The Morgan fingerprint density at radius 2 is 1.75 bits per heavy atom. The zero-order valence-electron chi connectivity index (χ0n) is 10.3. The Bertz CT molecular complexity index is 355. The van der Waals surface area contributed by atoms with Gasteiger partial charge in [-0.15, -0.1) is 0 Å². The Kier molecular flexibility index (Phi) is 4.44. The van der Waals surface area contributed by atoms with Gasteiger partial charge in [0.15, 0.2) is 0 Å². The first-order valence-electron chi connectivity index (χ1n) is 5.52. The number of rotatable bonds is 4. The lowest BCUT2D eigenvalue weighted by Crippen LogP contribution is -2.31. The van der Waals surface area contributed by atoms with Crippen molar-refractivity contribution in [1.29, 1.82) is 0 Å². The first-order valence-corrected chi connectivity index (χ1v) is 8.50. The van der Waals surface area contributed by atoms with E-state index in [0.29, 0.717) is 0 Å². The van der Waals surface area contributed by atoms with E-state index in [0.717, 1.165) is 5.56 Å². The lowest BCUT2D eigenvalue weighted by atomic mass is 10.2. The molecule has 1 rings (SSSR count). The van der Waals surface area contributed by atoms with E-state index in [1.54, 1.807) is 12.1 Å². The maximum absolute atomic E-state index is 12.7. The molecule has 0 radical (unpaired) electrons. The molecule has 0 aliphatic heterocycles. The van der Waals surface area contributed by atoms with E-state index in [-0.39, 0.29) is 11.9 Å². The van der Waals surface area contributed by atoms with E-state index in [9.17, 15) is 4.39 Å². The van der Waals surface area contributed by atoms with Gasteiger partial charge in [-0.3, -0.25) is 0 Å². The predicted octanol–water partition coefficient (Wildman–Crippen LogP) is 4.01. The van der Waals surface area contributed by atoms with Crippen molar-refractivity contribution in [2.24, 2.45) is 0 Å². The van der Waals surface area contributed by atoms with Crippen molar-refractivity contribution in [1.82, 2.24) is 0 Å². The molecule has 3 heteroatoms. The van der Waals surface area contributed by atoms with Gasteiger partial charge in [-0.2, -0.15) is 0 Å². The second-order valence-electron chi connectivity index (χ2n) is 4.65. The van der Waals surface area contributed by atoms with Crippen LogP contribution in [0.4, 0.5) is 4.39 Å². The maximum atomic E-state index is 12.7. The molecule has 0 bridgehead atoms. The SMILES string of the molecule is CC(C)O[Si](C)(C)/C=C/c1ccc(F)cc1. The van der Waals surface area contributed by atoms with Crippen LogP contribution in [0.25, 0.3) is 6.08 Å². The Balaban J connectivity index is 2.68. The molecule has 0 saturated carbocycles. The molecule has 1 aromatic carbocycles. The highest BCUT2D eigenvalue weighted by atomic mass is 28.4. The average molecular weight is 238 g/mol. The van der Waals surface area contributed by atoms with E-state index >= 15 is 0 Å². The van der Waals surface area contributed by atoms with E-state index in [1.165, 1.54) is 12.1 Å². The van der Waals surface area contributed by atoms with Crippen molar-refractivity contribution in [3.8, 4) is 0 Å². The van der Waals surface area contributed by atoms with Crippen LogP contribution in [0.2, 0.25) is 13.1 Å². The van der Waals surface area contributed by atoms with Gasteiger partial charge in [-0.25, -0.2) is 4.39 Å². The molecule has 0 saturated heterocycles. The van der Waals surface area contributed by atoms with Crippen LogP contribution < -0.4 is 0 Å². The molecule has 0 fully saturated rings. The summed E-state index contributed by atoms with van der Waals surface area (Å²) in [6, 6.07) is 6.48. The van der Waals surface area contributed by atoms with Crippen LogP contribution in [0.1, 0.15) is 19.4 Å². The summed E-state index contributed by atoms with van der Waals surface area (Å²) >= 11 is 0. The van der Waals surface area contributed by atoms with Crippen molar-refractivity contribution >= 4 is 14.4 Å². The van der Waals surface area contributed by atoms with Gasteiger partial charge in [0, 0.05) is 6.10 Å². The van der Waals surface area contributed by atoms with Crippen LogP contribution in [0.15, 0.2) is 30.0 Å². The van der Waals surface area contributed by atoms with Gasteiger partial charge < -0.3 is 4.43 Å². The second kappa shape index (κ2) is 5.41. The Morgan fingerprint density at radius 1 is 1.19 bits per heavy atom. The molecular weight excluding hydrogens is 219 g/mol. The maximum Gasteiger partial charge on any atom is 0.211 e. The third-order valence-electron chi connectivity index (χ3n) is 2.09. The third kappa shape index (κ3) is 4.73. The van der Waals surface area contributed by atoms with E-state index in [4.69, 9.17) is 4.43 Å². The predicted molar refractivity (Wildman–Crippen MR) is 69.1 cm³/mol. The lowest BCUT2D eigenvalue weighted by Gasteiger charge is -2.21. The van der Waals surface area contributed by atoms with Crippen LogP contribution >= 0.6 is 0 Å². The van der Waals surface area contributed by atoms with Crippen molar-refractivity contribution in [3.05, 3.63) is 41.3 Å². The van der Waals surface area contributed by atoms with E-state index in [2.05, 4.69) is 18.8 Å². The fraction of sp³-hybridized carbons (Fsp3) is 0.385. The van der Waals surface area contributed by atoms with Gasteiger partial charge in [0.05, 0.1) is 0 Å². The molecule has 0 atom stereocenters. The molecular formula is C13H19FOSi. The van der Waals surface area contributed by atoms with Gasteiger partial charge >= 0.3 is 0 Å². The van der Waals surface area contributed by atoms with Gasteiger partial charge in [0.2, 0.25) is 8.32 Å². The largest absolute Gasteiger partial charge is 0.411 e. The Morgan fingerprint density at radius 3 is 2.25 bits per heavy atom. The summed E-state index contributed by atoms with van der Waals surface area (Å²) in [7, 11) is -1.74. The van der Waals surface area contributed by atoms with Crippen LogP contribution in [0.5, 0.6) is 0 Å². The number of hydrogen-bond donors (Lipinski definition) is 0. The van der Waals surface area contributed by atoms with Crippen molar-refractivity contribution < 1.29 is 8.82 Å². The summed E-state index contributed by atoms with van der Waals surface area (Å²) in [6.07, 6.45) is 2.26. The molecule has 0 N–H and O–H groups in total. The van der Waals surface area contributed by atoms with Gasteiger partial charge in [0.1, 0.15) is 5.82 Å². The molecule has 1 nitrogen and oxygen atoms in total. The first kappa shape index (κ1) is 13.1. The highest BCUT2D eigenvalue weighted by Crippen LogP contribution is 2.12. The molecule has 0 unspecified atom stereocenters. The summed E-state index contributed by atoms with van der Waals surface area (Å²) in [5, 5.41) is 0. The van der Waals surface area contributed by atoms with Gasteiger partial charge in [-0.05, 0) is 44.6 Å². The zero-order valence-corrected chi connectivity index (χ0v) is 11.3. The summed E-state index contributed by atoms with van der Waals surface area (Å²) in [5.41, 5.74) is 3.13. The minimum absolute atomic E-state index is 0.202. The fourth-order valence-electron chi connectivity index (χ4n) is 1.52. The van der Waals surface area contributed by atoms with E-state index in [1.807, 2.05) is 19.9 Å².